The molecular formula is C29H27N5O. The van der Waals surface area contributed by atoms with Gasteiger partial charge in [0, 0.05) is 49.0 Å². The second-order valence-corrected chi connectivity index (χ2v) is 9.96. The molecule has 174 valence electrons. The average molecular weight is 462 g/mol. The van der Waals surface area contributed by atoms with Gasteiger partial charge in [0.05, 0.1) is 0 Å². The second-order valence-electron chi connectivity index (χ2n) is 9.96. The number of H-pyrrole nitrogens is 1. The molecule has 0 bridgehead atoms. The Balaban J connectivity index is 1.19. The minimum atomic E-state index is 0.288. The van der Waals surface area contributed by atoms with Gasteiger partial charge in [-0.15, -0.1) is 0 Å². The maximum Gasteiger partial charge on any atom is 0.225 e. The lowest BCUT2D eigenvalue weighted by Gasteiger charge is -2.17. The highest BCUT2D eigenvalue weighted by molar-refractivity contribution is 5.85. The normalized spacial score (nSPS) is 18.1. The number of nitrogens with one attached hydrogen (secondary N) is 1. The van der Waals surface area contributed by atoms with Crippen LogP contribution in [-0.4, -0.2) is 43.4 Å². The number of amides is 1. The van der Waals surface area contributed by atoms with Crippen LogP contribution in [0.4, 0.5) is 0 Å². The first-order valence-electron chi connectivity index (χ1n) is 12.5. The largest absolute Gasteiger partial charge is 0.361 e. The highest BCUT2D eigenvalue weighted by atomic mass is 16.2. The van der Waals surface area contributed by atoms with E-state index in [0.717, 1.165) is 67.0 Å². The Hall–Kier alpha value is -3.93. The first kappa shape index (κ1) is 20.4. The lowest BCUT2D eigenvalue weighted by Crippen LogP contribution is -2.30. The molecule has 5 aromatic rings. The van der Waals surface area contributed by atoms with Crippen molar-refractivity contribution in [2.24, 2.45) is 11.8 Å². The number of likely N-dealkylation sites (tertiary alicyclic amines) is 1. The molecule has 1 aliphatic heterocycles. The number of fused-ring (bicyclic) bond motifs is 2. The van der Waals surface area contributed by atoms with Gasteiger partial charge in [0.25, 0.3) is 0 Å². The van der Waals surface area contributed by atoms with Gasteiger partial charge in [-0.2, -0.15) is 0 Å². The van der Waals surface area contributed by atoms with E-state index in [1.54, 1.807) is 0 Å². The lowest BCUT2D eigenvalue weighted by atomic mass is 10.0. The van der Waals surface area contributed by atoms with Crippen LogP contribution in [0.2, 0.25) is 0 Å². The summed E-state index contributed by atoms with van der Waals surface area (Å²) in [4.78, 5) is 27.6. The summed E-state index contributed by atoms with van der Waals surface area (Å²) in [6.45, 7) is 2.53. The number of rotatable bonds is 5. The highest BCUT2D eigenvalue weighted by Crippen LogP contribution is 2.34. The Morgan fingerprint density at radius 1 is 0.971 bits per heavy atom. The van der Waals surface area contributed by atoms with Crippen molar-refractivity contribution in [3.8, 4) is 22.5 Å². The molecule has 35 heavy (non-hydrogen) atoms. The Kier molecular flexibility index (Phi) is 4.72. The van der Waals surface area contributed by atoms with Gasteiger partial charge in [-0.05, 0) is 66.0 Å². The summed E-state index contributed by atoms with van der Waals surface area (Å²) in [5.41, 5.74) is 6.41. The predicted octanol–water partition coefficient (Wildman–Crippen LogP) is 5.51. The molecule has 7 rings (SSSR count). The van der Waals surface area contributed by atoms with Crippen LogP contribution < -0.4 is 0 Å². The molecule has 0 spiro atoms. The van der Waals surface area contributed by atoms with Gasteiger partial charge in [-0.25, -0.2) is 9.97 Å². The molecule has 1 atom stereocenters. The van der Waals surface area contributed by atoms with Gasteiger partial charge in [0.1, 0.15) is 11.3 Å². The standard InChI is InChI=1S/C29H27N5O/c35-29(23-8-9-23)33-15-12-19(17-33)18-34-27(32-25-2-1-13-31-28(25)34)22-6-3-20(4-7-22)24-10-5-21-11-14-30-26(21)16-24/h1-7,10-11,13-14,16,19,23,30H,8-9,12,15,17-18H2/t19-/m1/s1. The zero-order valence-electron chi connectivity index (χ0n) is 19.5. The number of nitrogens with zero attached hydrogens (tertiary/aromatic N) is 4. The number of aromatic nitrogens is 4. The number of carbonyl (C=O) groups excluding carboxylic acids is 1. The summed E-state index contributed by atoms with van der Waals surface area (Å²) in [6.07, 6.45) is 6.97. The van der Waals surface area contributed by atoms with E-state index in [4.69, 9.17) is 4.98 Å². The van der Waals surface area contributed by atoms with Gasteiger partial charge in [-0.3, -0.25) is 4.79 Å². The van der Waals surface area contributed by atoms with Crippen molar-refractivity contribution in [1.82, 2.24) is 24.4 Å². The van der Waals surface area contributed by atoms with E-state index in [1.165, 1.54) is 16.5 Å². The van der Waals surface area contributed by atoms with E-state index in [2.05, 4.69) is 68.0 Å². The number of carbonyl (C=O) groups is 1. The number of benzene rings is 2. The molecule has 6 heteroatoms. The fourth-order valence-corrected chi connectivity index (χ4v) is 5.42. The van der Waals surface area contributed by atoms with Crippen molar-refractivity contribution in [2.75, 3.05) is 13.1 Å². The predicted molar refractivity (Wildman–Crippen MR) is 138 cm³/mol. The Bertz CT molecular complexity index is 1540. The molecule has 0 radical (unpaired) electrons. The van der Waals surface area contributed by atoms with Crippen LogP contribution in [0.25, 0.3) is 44.6 Å². The first-order chi connectivity index (χ1) is 17.2. The van der Waals surface area contributed by atoms with Gasteiger partial charge in [-0.1, -0.05) is 36.4 Å². The summed E-state index contributed by atoms with van der Waals surface area (Å²) in [6, 6.07) is 21.2. The van der Waals surface area contributed by atoms with Crippen molar-refractivity contribution >= 4 is 28.0 Å². The van der Waals surface area contributed by atoms with E-state index in [9.17, 15) is 4.79 Å². The molecule has 1 saturated heterocycles. The van der Waals surface area contributed by atoms with Crippen LogP contribution in [-0.2, 0) is 11.3 Å². The smallest absolute Gasteiger partial charge is 0.225 e. The SMILES string of the molecule is O=C(C1CC1)N1CC[C@@H](Cn2c(-c3ccc(-c4ccc5cc[nH]c5c4)cc3)nc3cccnc32)C1. The van der Waals surface area contributed by atoms with Crippen LogP contribution in [0.3, 0.4) is 0 Å². The third-order valence-corrected chi connectivity index (χ3v) is 7.50. The fourth-order valence-electron chi connectivity index (χ4n) is 5.42. The summed E-state index contributed by atoms with van der Waals surface area (Å²) in [5, 5.41) is 1.22. The minimum absolute atomic E-state index is 0.288. The number of hydrogen-bond acceptors (Lipinski definition) is 3. The Labute approximate surface area is 203 Å². The molecule has 6 nitrogen and oxygen atoms in total. The molecule has 1 amide bonds. The van der Waals surface area contributed by atoms with E-state index in [-0.39, 0.29) is 5.92 Å². The summed E-state index contributed by atoms with van der Waals surface area (Å²) < 4.78 is 2.26. The molecule has 2 aromatic carbocycles. The number of hydrogen-bond donors (Lipinski definition) is 1. The van der Waals surface area contributed by atoms with Gasteiger partial charge >= 0.3 is 0 Å². The van der Waals surface area contributed by atoms with Gasteiger partial charge < -0.3 is 14.5 Å². The van der Waals surface area contributed by atoms with Crippen molar-refractivity contribution in [2.45, 2.75) is 25.8 Å². The average Bonchev–Trinajstić information content (AvgIpc) is 3.30. The van der Waals surface area contributed by atoms with Crippen LogP contribution in [0, 0.1) is 11.8 Å². The molecule has 0 unspecified atom stereocenters. The van der Waals surface area contributed by atoms with E-state index < -0.39 is 0 Å². The molecule has 2 fully saturated rings. The quantitative estimate of drug-likeness (QED) is 0.376. The number of aromatic amines is 1. The molecule has 1 N–H and O–H groups in total. The molecule has 2 aliphatic rings. The van der Waals surface area contributed by atoms with Crippen LogP contribution in [0.1, 0.15) is 19.3 Å². The topological polar surface area (TPSA) is 66.8 Å². The van der Waals surface area contributed by atoms with Gasteiger partial charge in [0.15, 0.2) is 5.65 Å². The van der Waals surface area contributed by atoms with Crippen molar-refractivity contribution in [3.63, 3.8) is 0 Å². The zero-order valence-corrected chi connectivity index (χ0v) is 19.5. The maximum absolute atomic E-state index is 12.6. The number of pyridine rings is 1. The second kappa shape index (κ2) is 8.08. The first-order valence-corrected chi connectivity index (χ1v) is 12.5. The van der Waals surface area contributed by atoms with Crippen LogP contribution >= 0.6 is 0 Å². The lowest BCUT2D eigenvalue weighted by molar-refractivity contribution is -0.131. The van der Waals surface area contributed by atoms with Crippen molar-refractivity contribution in [3.05, 3.63) is 73.1 Å². The summed E-state index contributed by atoms with van der Waals surface area (Å²) in [5.74, 6) is 2.01. The third kappa shape index (κ3) is 3.70. The molecule has 3 aromatic heterocycles. The zero-order chi connectivity index (χ0) is 23.4. The monoisotopic (exact) mass is 461 g/mol. The van der Waals surface area contributed by atoms with Crippen molar-refractivity contribution < 1.29 is 4.79 Å². The van der Waals surface area contributed by atoms with Crippen molar-refractivity contribution in [1.29, 1.82) is 0 Å². The maximum atomic E-state index is 12.6. The summed E-state index contributed by atoms with van der Waals surface area (Å²) >= 11 is 0. The molecule has 1 saturated carbocycles. The Morgan fingerprint density at radius 2 is 1.80 bits per heavy atom. The molecular weight excluding hydrogens is 434 g/mol. The third-order valence-electron chi connectivity index (χ3n) is 7.50. The van der Waals surface area contributed by atoms with Gasteiger partial charge in [0.2, 0.25) is 5.91 Å². The molecule has 1 aliphatic carbocycles. The van der Waals surface area contributed by atoms with E-state index in [0.29, 0.717) is 11.8 Å². The van der Waals surface area contributed by atoms with Crippen LogP contribution in [0.15, 0.2) is 73.1 Å². The fraction of sp³-hybridized carbons (Fsp3) is 0.276. The summed E-state index contributed by atoms with van der Waals surface area (Å²) in [7, 11) is 0. The van der Waals surface area contributed by atoms with E-state index in [1.807, 2.05) is 24.5 Å². The highest BCUT2D eigenvalue weighted by Gasteiger charge is 2.36. The van der Waals surface area contributed by atoms with Crippen LogP contribution in [0.5, 0.6) is 0 Å². The number of imidazole rings is 1. The molecule has 4 heterocycles. The Morgan fingerprint density at radius 3 is 2.66 bits per heavy atom. The van der Waals surface area contributed by atoms with E-state index >= 15 is 0 Å². The minimum Gasteiger partial charge on any atom is -0.361 e.